The number of ether oxygens (including phenoxy) is 6. The maximum Gasteiger partial charge on any atom is 0.337 e. The molecule has 0 N–H and O–H groups in total. The molecule has 0 amide bonds. The number of hydrogen-bond acceptors (Lipinski definition) is 14. The average molecular weight is 711 g/mol. The first-order valence-electron chi connectivity index (χ1n) is 16.6. The van der Waals surface area contributed by atoms with Crippen molar-refractivity contribution in [2.45, 2.75) is 87.2 Å². The van der Waals surface area contributed by atoms with E-state index in [2.05, 4.69) is 0 Å². The van der Waals surface area contributed by atoms with E-state index < -0.39 is 111 Å². The van der Waals surface area contributed by atoms with Crippen LogP contribution in [0.2, 0.25) is 0 Å². The fourth-order valence-corrected chi connectivity index (χ4v) is 9.24. The Labute approximate surface area is 294 Å². The van der Waals surface area contributed by atoms with Gasteiger partial charge in [-0.3, -0.25) is 33.6 Å². The number of cyclic esters (lactones) is 1. The first-order valence-corrected chi connectivity index (χ1v) is 16.6. The Balaban J connectivity index is 1.88. The summed E-state index contributed by atoms with van der Waals surface area (Å²) in [5.74, 6) is -9.74. The number of carbonyl (C=O) groups is 8. The smallest absolute Gasteiger partial charge is 0.337 e. The minimum absolute atomic E-state index is 0.0801. The molecule has 4 aliphatic carbocycles. The van der Waals surface area contributed by atoms with E-state index >= 15 is 4.79 Å². The van der Waals surface area contributed by atoms with Crippen molar-refractivity contribution >= 4 is 47.4 Å². The van der Waals surface area contributed by atoms with Crippen LogP contribution in [0.15, 0.2) is 46.8 Å². The second-order valence-electron chi connectivity index (χ2n) is 14.7. The lowest BCUT2D eigenvalue weighted by molar-refractivity contribution is -0.211. The van der Waals surface area contributed by atoms with E-state index in [1.165, 1.54) is 25.2 Å². The fraction of sp³-hybridized carbons (Fsp3) is 0.568. The summed E-state index contributed by atoms with van der Waals surface area (Å²) in [4.78, 5) is 107. The molecular formula is C37H42O14. The van der Waals surface area contributed by atoms with Gasteiger partial charge in [0.05, 0.1) is 18.4 Å². The monoisotopic (exact) mass is 710 g/mol. The maximum absolute atomic E-state index is 15.3. The van der Waals surface area contributed by atoms with Crippen molar-refractivity contribution in [1.82, 2.24) is 0 Å². The molecule has 1 unspecified atom stereocenters. The Morgan fingerprint density at radius 1 is 0.902 bits per heavy atom. The SMILES string of the molecule is COC(=O)[C@@]1(C)C(=O)C=C[C@@]2(C)C1=C(OC(C)=O)C(=O)[C@@]1(C)C3=CC[C@@H](C4=CC(OC(C)=O)OC4=O)[C@]3(C)[C@@H](OC(=O)C(C)C)[C@H](OC(C)=O)[C@@H]12. The Kier molecular flexibility index (Phi) is 9.10. The first kappa shape index (κ1) is 37.4. The zero-order valence-electron chi connectivity index (χ0n) is 30.2. The quantitative estimate of drug-likeness (QED) is 0.162. The molecule has 1 saturated carbocycles. The number of carbonyl (C=O) groups excluding carboxylic acids is 8. The number of Topliss-reactive ketones (excluding diaryl/α,β-unsaturated/α-hetero) is 1. The highest BCUT2D eigenvalue weighted by Gasteiger charge is 2.76. The van der Waals surface area contributed by atoms with Crippen LogP contribution < -0.4 is 0 Å². The predicted octanol–water partition coefficient (Wildman–Crippen LogP) is 3.17. The van der Waals surface area contributed by atoms with Gasteiger partial charge in [-0.1, -0.05) is 39.8 Å². The Morgan fingerprint density at radius 2 is 1.53 bits per heavy atom. The van der Waals surface area contributed by atoms with Gasteiger partial charge in [0.1, 0.15) is 12.2 Å². The molecule has 1 aliphatic heterocycles. The van der Waals surface area contributed by atoms with Gasteiger partial charge in [0.15, 0.2) is 17.0 Å². The van der Waals surface area contributed by atoms with Gasteiger partial charge >= 0.3 is 35.8 Å². The largest absolute Gasteiger partial charge is 0.468 e. The van der Waals surface area contributed by atoms with Crippen LogP contribution in [0.5, 0.6) is 0 Å². The van der Waals surface area contributed by atoms with Crippen molar-refractivity contribution in [3.05, 3.63) is 46.8 Å². The second-order valence-corrected chi connectivity index (χ2v) is 14.7. The summed E-state index contributed by atoms with van der Waals surface area (Å²) in [5, 5.41) is 0. The molecule has 14 heteroatoms. The van der Waals surface area contributed by atoms with Gasteiger partial charge in [-0.15, -0.1) is 0 Å². The lowest BCUT2D eigenvalue weighted by Gasteiger charge is -2.64. The van der Waals surface area contributed by atoms with Crippen molar-refractivity contribution in [1.29, 1.82) is 0 Å². The maximum atomic E-state index is 15.3. The van der Waals surface area contributed by atoms with Crippen LogP contribution in [0.1, 0.15) is 68.7 Å². The number of rotatable bonds is 7. The summed E-state index contributed by atoms with van der Waals surface area (Å²) in [5.41, 5.74) is -6.67. The fourth-order valence-electron chi connectivity index (χ4n) is 9.24. The van der Waals surface area contributed by atoms with Gasteiger partial charge in [-0.2, -0.15) is 0 Å². The van der Waals surface area contributed by atoms with Gasteiger partial charge in [0.2, 0.25) is 5.78 Å². The standard InChI is InChI=1S/C37H42O14/c1-16(2)31(43)51-30-26(49-19(5)40)28-34(6)14-13-23(41)37(9,33(45)46-10)27(34)25(48-18(4)39)29(42)36(28,8)22-12-11-21(35(22,30)7)20-15-24(47-17(3)38)50-32(20)44/h12-16,21,24,26,28,30H,11H2,1-10H3/t21-,24?,26+,28+,30-,34-,35-,36-,37-/m0/s1. The summed E-state index contributed by atoms with van der Waals surface area (Å²) < 4.78 is 33.5. The minimum atomic E-state index is -2.16. The van der Waals surface area contributed by atoms with E-state index in [9.17, 15) is 33.6 Å². The summed E-state index contributed by atoms with van der Waals surface area (Å²) >= 11 is 0. The van der Waals surface area contributed by atoms with Crippen LogP contribution in [0.4, 0.5) is 0 Å². The van der Waals surface area contributed by atoms with Gasteiger partial charge < -0.3 is 28.4 Å². The number of hydrogen-bond donors (Lipinski definition) is 0. The van der Waals surface area contributed by atoms with Crippen molar-refractivity contribution in [3.63, 3.8) is 0 Å². The molecule has 5 rings (SSSR count). The molecule has 274 valence electrons. The number of esters is 6. The molecule has 0 saturated heterocycles. The molecule has 14 nitrogen and oxygen atoms in total. The summed E-state index contributed by atoms with van der Waals surface area (Å²) in [6.45, 7) is 12.7. The molecule has 51 heavy (non-hydrogen) atoms. The molecule has 0 aromatic rings. The lowest BCUT2D eigenvalue weighted by Crippen LogP contribution is -2.70. The van der Waals surface area contributed by atoms with Gasteiger partial charge in [0.25, 0.3) is 6.29 Å². The van der Waals surface area contributed by atoms with Crippen LogP contribution in [0.25, 0.3) is 0 Å². The molecule has 9 atom stereocenters. The molecule has 1 heterocycles. The van der Waals surface area contributed by atoms with Gasteiger partial charge in [-0.25, -0.2) is 4.79 Å². The number of allylic oxidation sites excluding steroid dienone is 4. The van der Waals surface area contributed by atoms with Crippen LogP contribution in [-0.2, 0) is 66.8 Å². The van der Waals surface area contributed by atoms with E-state index in [4.69, 9.17) is 28.4 Å². The number of methoxy groups -OCH3 is 1. The summed E-state index contributed by atoms with van der Waals surface area (Å²) in [6.07, 6.45) is 1.67. The Morgan fingerprint density at radius 3 is 2.08 bits per heavy atom. The number of ketones is 2. The third kappa shape index (κ3) is 5.27. The highest BCUT2D eigenvalue weighted by molar-refractivity contribution is 6.16. The topological polar surface area (TPSA) is 192 Å². The molecule has 1 fully saturated rings. The van der Waals surface area contributed by atoms with Crippen LogP contribution >= 0.6 is 0 Å². The minimum Gasteiger partial charge on any atom is -0.468 e. The molecule has 0 bridgehead atoms. The van der Waals surface area contributed by atoms with Gasteiger partial charge in [-0.05, 0) is 31.9 Å². The summed E-state index contributed by atoms with van der Waals surface area (Å²) in [7, 11) is 1.07. The zero-order valence-corrected chi connectivity index (χ0v) is 30.2. The lowest BCUT2D eigenvalue weighted by atomic mass is 9.40. The Hall–Kier alpha value is -4.88. The third-order valence-corrected chi connectivity index (χ3v) is 11.2. The summed E-state index contributed by atoms with van der Waals surface area (Å²) in [6, 6.07) is 0. The van der Waals surface area contributed by atoms with Crippen LogP contribution in [0.3, 0.4) is 0 Å². The molecule has 0 spiro atoms. The van der Waals surface area contributed by atoms with E-state index in [0.717, 1.165) is 27.9 Å². The van der Waals surface area contributed by atoms with Crippen molar-refractivity contribution in [3.8, 4) is 0 Å². The van der Waals surface area contributed by atoms with Crippen molar-refractivity contribution < 1.29 is 66.8 Å². The molecule has 0 radical (unpaired) electrons. The highest BCUT2D eigenvalue weighted by atomic mass is 16.7. The van der Waals surface area contributed by atoms with Crippen molar-refractivity contribution in [2.24, 2.45) is 39.4 Å². The molecule has 5 aliphatic rings. The first-order chi connectivity index (χ1) is 23.6. The number of fused-ring (bicyclic) bond motifs is 5. The van der Waals surface area contributed by atoms with E-state index in [1.807, 2.05) is 0 Å². The van der Waals surface area contributed by atoms with E-state index in [1.54, 1.807) is 40.7 Å². The van der Waals surface area contributed by atoms with E-state index in [-0.39, 0.29) is 17.6 Å². The average Bonchev–Trinajstić information content (AvgIpc) is 3.57. The van der Waals surface area contributed by atoms with Gasteiger partial charge in [0, 0.05) is 60.7 Å². The zero-order chi connectivity index (χ0) is 38.2. The molecular weight excluding hydrogens is 668 g/mol. The molecule has 0 aromatic heterocycles. The van der Waals surface area contributed by atoms with Crippen molar-refractivity contribution in [2.75, 3.05) is 7.11 Å². The molecule has 0 aromatic carbocycles. The highest BCUT2D eigenvalue weighted by Crippen LogP contribution is 2.72. The predicted molar refractivity (Wildman–Crippen MR) is 172 cm³/mol. The second kappa shape index (κ2) is 12.4. The van der Waals surface area contributed by atoms with Crippen LogP contribution in [0, 0.1) is 39.4 Å². The third-order valence-electron chi connectivity index (χ3n) is 11.2. The van der Waals surface area contributed by atoms with E-state index in [0.29, 0.717) is 5.57 Å². The normalized spacial score (nSPS) is 36.6. The Bertz CT molecular complexity index is 1790. The van der Waals surface area contributed by atoms with Crippen LogP contribution in [-0.4, -0.2) is 73.0 Å².